The minimum atomic E-state index is -3.44. The first-order valence-corrected chi connectivity index (χ1v) is 8.02. The van der Waals surface area contributed by atoms with Gasteiger partial charge < -0.3 is 10.6 Å². The zero-order chi connectivity index (χ0) is 14.3. The minimum Gasteiger partial charge on any atom is -0.370 e. The van der Waals surface area contributed by atoms with Crippen molar-refractivity contribution in [1.29, 1.82) is 0 Å². The van der Waals surface area contributed by atoms with E-state index in [-0.39, 0.29) is 0 Å². The van der Waals surface area contributed by atoms with Crippen molar-refractivity contribution in [3.05, 3.63) is 24.3 Å². The van der Waals surface area contributed by atoms with Gasteiger partial charge in [-0.1, -0.05) is 19.1 Å². The molecule has 0 saturated heterocycles. The van der Waals surface area contributed by atoms with Gasteiger partial charge in [-0.2, -0.15) is 0 Å². The molecule has 0 bridgehead atoms. The molecule has 108 valence electrons. The lowest BCUT2D eigenvalue weighted by molar-refractivity contribution is 0.587. The summed E-state index contributed by atoms with van der Waals surface area (Å²) in [6, 6.07) is 7.07. The third-order valence-corrected chi connectivity index (χ3v) is 4.35. The molecule has 1 aromatic carbocycles. The molecule has 0 aromatic heterocycles. The van der Waals surface area contributed by atoms with Crippen LogP contribution < -0.4 is 15.4 Å². The standard InChI is InChI=1S/C13H23N3O2S/c1-3-10-16(11-6-9-14)12-7-4-5-8-13(12)19(17,18)15-2/h4-5,7-8,15H,3,6,9-11,14H2,1-2H3. The lowest BCUT2D eigenvalue weighted by Crippen LogP contribution is -2.30. The Labute approximate surface area is 115 Å². The quantitative estimate of drug-likeness (QED) is 0.751. The van der Waals surface area contributed by atoms with Gasteiger partial charge in [0.1, 0.15) is 4.90 Å². The minimum absolute atomic E-state index is 0.322. The van der Waals surface area contributed by atoms with Crippen LogP contribution in [0.2, 0.25) is 0 Å². The van der Waals surface area contributed by atoms with Gasteiger partial charge in [-0.05, 0) is 38.6 Å². The van der Waals surface area contributed by atoms with Crippen LogP contribution in [0.1, 0.15) is 19.8 Å². The highest BCUT2D eigenvalue weighted by molar-refractivity contribution is 7.89. The second-order valence-corrected chi connectivity index (χ2v) is 6.16. The molecular formula is C13H23N3O2S. The van der Waals surface area contributed by atoms with Gasteiger partial charge in [0.25, 0.3) is 0 Å². The molecule has 6 heteroatoms. The summed E-state index contributed by atoms with van der Waals surface area (Å²) in [7, 11) is -2.01. The highest BCUT2D eigenvalue weighted by Crippen LogP contribution is 2.25. The molecule has 0 aliphatic heterocycles. The second kappa shape index (κ2) is 7.47. The van der Waals surface area contributed by atoms with E-state index in [0.29, 0.717) is 11.4 Å². The van der Waals surface area contributed by atoms with Crippen molar-refractivity contribution >= 4 is 15.7 Å². The van der Waals surface area contributed by atoms with Crippen LogP contribution in [0.15, 0.2) is 29.2 Å². The van der Waals surface area contributed by atoms with Crippen molar-refractivity contribution in [2.45, 2.75) is 24.7 Å². The van der Waals surface area contributed by atoms with Crippen molar-refractivity contribution in [2.24, 2.45) is 5.73 Å². The maximum Gasteiger partial charge on any atom is 0.242 e. The number of anilines is 1. The fraction of sp³-hybridized carbons (Fsp3) is 0.538. The number of hydrogen-bond donors (Lipinski definition) is 2. The Morgan fingerprint density at radius 3 is 2.53 bits per heavy atom. The first-order valence-electron chi connectivity index (χ1n) is 6.54. The van der Waals surface area contributed by atoms with Crippen molar-refractivity contribution in [1.82, 2.24) is 4.72 Å². The summed E-state index contributed by atoms with van der Waals surface area (Å²) >= 11 is 0. The first kappa shape index (κ1) is 15.9. The molecule has 0 heterocycles. The third kappa shape index (κ3) is 4.19. The monoisotopic (exact) mass is 285 g/mol. The highest BCUT2D eigenvalue weighted by atomic mass is 32.2. The largest absolute Gasteiger partial charge is 0.370 e. The van der Waals surface area contributed by atoms with E-state index in [1.54, 1.807) is 12.1 Å². The van der Waals surface area contributed by atoms with Crippen LogP contribution in [-0.4, -0.2) is 35.1 Å². The Morgan fingerprint density at radius 1 is 1.26 bits per heavy atom. The predicted octanol–water partition coefficient (Wildman–Crippen LogP) is 1.16. The Hall–Kier alpha value is -1.11. The second-order valence-electron chi connectivity index (χ2n) is 4.30. The van der Waals surface area contributed by atoms with E-state index < -0.39 is 10.0 Å². The maximum atomic E-state index is 12.0. The summed E-state index contributed by atoms with van der Waals surface area (Å²) < 4.78 is 26.5. The molecule has 0 aliphatic rings. The molecule has 0 unspecified atom stereocenters. The fourth-order valence-corrected chi connectivity index (χ4v) is 2.91. The molecule has 0 spiro atoms. The average Bonchev–Trinajstić information content (AvgIpc) is 2.43. The number of benzene rings is 1. The molecule has 1 aromatic rings. The molecule has 0 saturated carbocycles. The van der Waals surface area contributed by atoms with E-state index >= 15 is 0 Å². The summed E-state index contributed by atoms with van der Waals surface area (Å²) in [5.74, 6) is 0. The van der Waals surface area contributed by atoms with E-state index in [2.05, 4.69) is 16.5 Å². The smallest absolute Gasteiger partial charge is 0.242 e. The van der Waals surface area contributed by atoms with E-state index in [9.17, 15) is 8.42 Å². The molecule has 1 rings (SSSR count). The molecule has 0 atom stereocenters. The van der Waals surface area contributed by atoms with Gasteiger partial charge in [0.2, 0.25) is 10.0 Å². The van der Waals surface area contributed by atoms with Crippen LogP contribution >= 0.6 is 0 Å². The first-order chi connectivity index (χ1) is 9.06. The van der Waals surface area contributed by atoms with E-state index in [0.717, 1.165) is 31.6 Å². The summed E-state index contributed by atoms with van der Waals surface area (Å²) in [6.45, 7) is 4.25. The molecule has 0 fully saturated rings. The molecule has 3 N–H and O–H groups in total. The lowest BCUT2D eigenvalue weighted by atomic mass is 10.2. The maximum absolute atomic E-state index is 12.0. The van der Waals surface area contributed by atoms with Crippen molar-refractivity contribution < 1.29 is 8.42 Å². The van der Waals surface area contributed by atoms with Crippen LogP contribution in [0.3, 0.4) is 0 Å². The Morgan fingerprint density at radius 2 is 1.95 bits per heavy atom. The Bertz CT molecular complexity index is 488. The molecular weight excluding hydrogens is 262 g/mol. The van der Waals surface area contributed by atoms with Crippen LogP contribution in [-0.2, 0) is 10.0 Å². The van der Waals surface area contributed by atoms with Gasteiger partial charge >= 0.3 is 0 Å². The van der Waals surface area contributed by atoms with Crippen LogP contribution in [0.4, 0.5) is 5.69 Å². The predicted molar refractivity (Wildman–Crippen MR) is 78.9 cm³/mol. The third-order valence-electron chi connectivity index (χ3n) is 2.89. The van der Waals surface area contributed by atoms with Crippen molar-refractivity contribution in [3.63, 3.8) is 0 Å². The number of nitrogens with zero attached hydrogens (tertiary/aromatic N) is 1. The van der Waals surface area contributed by atoms with Crippen molar-refractivity contribution in [2.75, 3.05) is 31.6 Å². The lowest BCUT2D eigenvalue weighted by Gasteiger charge is -2.26. The van der Waals surface area contributed by atoms with E-state index in [1.807, 2.05) is 12.1 Å². The number of nitrogens with two attached hydrogens (primary N) is 1. The van der Waals surface area contributed by atoms with Crippen LogP contribution in [0.5, 0.6) is 0 Å². The normalized spacial score (nSPS) is 11.5. The summed E-state index contributed by atoms with van der Waals surface area (Å²) in [4.78, 5) is 2.40. The number of rotatable bonds is 8. The molecule has 0 radical (unpaired) electrons. The van der Waals surface area contributed by atoms with E-state index in [4.69, 9.17) is 5.73 Å². The summed E-state index contributed by atoms with van der Waals surface area (Å²) in [6.07, 6.45) is 1.80. The Balaban J connectivity index is 3.15. The van der Waals surface area contributed by atoms with E-state index in [1.165, 1.54) is 7.05 Å². The molecule has 0 aliphatic carbocycles. The van der Waals surface area contributed by atoms with Gasteiger partial charge in [-0.15, -0.1) is 0 Å². The van der Waals surface area contributed by atoms with Gasteiger partial charge in [0.15, 0.2) is 0 Å². The fourth-order valence-electron chi connectivity index (χ4n) is 1.96. The van der Waals surface area contributed by atoms with Crippen LogP contribution in [0, 0.1) is 0 Å². The number of sulfonamides is 1. The summed E-state index contributed by atoms with van der Waals surface area (Å²) in [5, 5.41) is 0. The van der Waals surface area contributed by atoms with Crippen molar-refractivity contribution in [3.8, 4) is 0 Å². The summed E-state index contributed by atoms with van der Waals surface area (Å²) in [5.41, 5.74) is 6.29. The average molecular weight is 285 g/mol. The van der Waals surface area contributed by atoms with Gasteiger partial charge in [-0.3, -0.25) is 0 Å². The Kier molecular flexibility index (Phi) is 6.27. The van der Waals surface area contributed by atoms with Gasteiger partial charge in [-0.25, -0.2) is 13.1 Å². The number of para-hydroxylation sites is 1. The SMILES string of the molecule is CCCN(CCCN)c1ccccc1S(=O)(=O)NC. The number of nitrogens with one attached hydrogen (secondary N) is 1. The number of hydrogen-bond acceptors (Lipinski definition) is 4. The zero-order valence-electron chi connectivity index (χ0n) is 11.6. The topological polar surface area (TPSA) is 75.4 Å². The van der Waals surface area contributed by atoms with Gasteiger partial charge in [0, 0.05) is 13.1 Å². The molecule has 19 heavy (non-hydrogen) atoms. The van der Waals surface area contributed by atoms with Gasteiger partial charge in [0.05, 0.1) is 5.69 Å². The molecule has 5 nitrogen and oxygen atoms in total. The zero-order valence-corrected chi connectivity index (χ0v) is 12.4. The van der Waals surface area contributed by atoms with Crippen LogP contribution in [0.25, 0.3) is 0 Å². The molecule has 0 amide bonds. The highest BCUT2D eigenvalue weighted by Gasteiger charge is 2.19.